The molecule has 1 aromatic heterocycles. The van der Waals surface area contributed by atoms with Gasteiger partial charge in [-0.1, -0.05) is 0 Å². The van der Waals surface area contributed by atoms with Crippen molar-refractivity contribution in [1.29, 1.82) is 0 Å². The Hall–Kier alpha value is -0.780. The summed E-state index contributed by atoms with van der Waals surface area (Å²) in [5.74, 6) is 0.311. The average Bonchev–Trinajstić information content (AvgIpc) is 2.72. The minimum atomic E-state index is 0.0320. The summed E-state index contributed by atoms with van der Waals surface area (Å²) in [4.78, 5) is 21.8. The van der Waals surface area contributed by atoms with Crippen LogP contribution < -0.4 is 0 Å². The Kier molecular flexibility index (Phi) is 4.25. The number of thiazole rings is 1. The molecule has 2 rings (SSSR count). The van der Waals surface area contributed by atoms with Crippen LogP contribution in [-0.4, -0.2) is 60.3 Å². The van der Waals surface area contributed by atoms with Crippen LogP contribution in [0.3, 0.4) is 0 Å². The number of Topliss-reactive ketones (excluding diaryl/α,β-unsaturated/α-hetero) is 1. The summed E-state index contributed by atoms with van der Waals surface area (Å²) in [5.41, 5.74) is 1.78. The SMILES string of the molecule is CN1CCCN(C)C(C(=O)Cc2cncs2)C1. The number of rotatable bonds is 3. The highest BCUT2D eigenvalue weighted by Crippen LogP contribution is 2.13. The zero-order valence-electron chi connectivity index (χ0n) is 10.4. The van der Waals surface area contributed by atoms with Crippen molar-refractivity contribution >= 4 is 17.1 Å². The first kappa shape index (κ1) is 12.7. The van der Waals surface area contributed by atoms with E-state index in [1.807, 2.05) is 7.05 Å². The van der Waals surface area contributed by atoms with Crippen molar-refractivity contribution in [1.82, 2.24) is 14.8 Å². The van der Waals surface area contributed by atoms with Gasteiger partial charge in [-0.15, -0.1) is 11.3 Å². The van der Waals surface area contributed by atoms with E-state index in [2.05, 4.69) is 21.8 Å². The Morgan fingerprint density at radius 2 is 2.35 bits per heavy atom. The molecule has 1 aliphatic rings. The fraction of sp³-hybridized carbons (Fsp3) is 0.667. The van der Waals surface area contributed by atoms with Gasteiger partial charge < -0.3 is 4.90 Å². The Morgan fingerprint density at radius 3 is 3.06 bits per heavy atom. The fourth-order valence-electron chi connectivity index (χ4n) is 2.24. The molecule has 1 atom stereocenters. The molecule has 0 aromatic carbocycles. The number of hydrogen-bond donors (Lipinski definition) is 0. The molecule has 0 aliphatic carbocycles. The minimum absolute atomic E-state index is 0.0320. The van der Waals surface area contributed by atoms with Gasteiger partial charge >= 0.3 is 0 Å². The van der Waals surface area contributed by atoms with Crippen molar-refractivity contribution < 1.29 is 4.79 Å². The van der Waals surface area contributed by atoms with E-state index >= 15 is 0 Å². The number of ketones is 1. The highest BCUT2D eigenvalue weighted by molar-refractivity contribution is 7.09. The second kappa shape index (κ2) is 5.71. The van der Waals surface area contributed by atoms with Crippen LogP contribution in [0.15, 0.2) is 11.7 Å². The number of likely N-dealkylation sites (N-methyl/N-ethyl adjacent to an activating group) is 2. The molecule has 94 valence electrons. The molecule has 1 aromatic rings. The van der Waals surface area contributed by atoms with Crippen LogP contribution in [0.2, 0.25) is 0 Å². The van der Waals surface area contributed by atoms with E-state index in [1.165, 1.54) is 0 Å². The largest absolute Gasteiger partial charge is 0.304 e. The van der Waals surface area contributed by atoms with Gasteiger partial charge in [-0.05, 0) is 33.6 Å². The Bertz CT molecular complexity index is 366. The van der Waals surface area contributed by atoms with Gasteiger partial charge in [0.1, 0.15) is 0 Å². The summed E-state index contributed by atoms with van der Waals surface area (Å²) in [6.07, 6.45) is 3.45. The van der Waals surface area contributed by atoms with E-state index in [4.69, 9.17) is 0 Å². The number of carbonyl (C=O) groups excluding carboxylic acids is 1. The van der Waals surface area contributed by atoms with Gasteiger partial charge in [-0.3, -0.25) is 14.7 Å². The maximum absolute atomic E-state index is 12.3. The molecule has 1 fully saturated rings. The maximum Gasteiger partial charge on any atom is 0.156 e. The first-order chi connectivity index (χ1) is 8.16. The van der Waals surface area contributed by atoms with Gasteiger partial charge in [-0.25, -0.2) is 0 Å². The first-order valence-electron chi connectivity index (χ1n) is 5.95. The summed E-state index contributed by atoms with van der Waals surface area (Å²) in [5, 5.41) is 0. The molecule has 2 heterocycles. The van der Waals surface area contributed by atoms with Crippen molar-refractivity contribution in [3.8, 4) is 0 Å². The molecule has 4 nitrogen and oxygen atoms in total. The van der Waals surface area contributed by atoms with Gasteiger partial charge in [0.2, 0.25) is 0 Å². The molecular weight excluding hydrogens is 234 g/mol. The number of nitrogens with zero attached hydrogens (tertiary/aromatic N) is 3. The summed E-state index contributed by atoms with van der Waals surface area (Å²) >= 11 is 1.56. The van der Waals surface area contributed by atoms with Crippen LogP contribution in [0.1, 0.15) is 11.3 Å². The van der Waals surface area contributed by atoms with Crippen LogP contribution in [0, 0.1) is 0 Å². The molecule has 0 amide bonds. The van der Waals surface area contributed by atoms with E-state index in [-0.39, 0.29) is 6.04 Å². The van der Waals surface area contributed by atoms with Crippen molar-refractivity contribution in [3.63, 3.8) is 0 Å². The predicted octanol–water partition coefficient (Wildman–Crippen LogP) is 0.891. The van der Waals surface area contributed by atoms with Gasteiger partial charge in [0.05, 0.1) is 11.6 Å². The number of aromatic nitrogens is 1. The van der Waals surface area contributed by atoms with E-state index < -0.39 is 0 Å². The molecule has 17 heavy (non-hydrogen) atoms. The summed E-state index contributed by atoms with van der Waals surface area (Å²) in [7, 11) is 4.14. The molecule has 1 unspecified atom stereocenters. The molecule has 0 N–H and O–H groups in total. The molecule has 0 spiro atoms. The van der Waals surface area contributed by atoms with Crippen molar-refractivity contribution in [2.24, 2.45) is 0 Å². The van der Waals surface area contributed by atoms with Gasteiger partial charge in [-0.2, -0.15) is 0 Å². The Balaban J connectivity index is 2.00. The summed E-state index contributed by atoms with van der Waals surface area (Å²) in [6, 6.07) is 0.0320. The van der Waals surface area contributed by atoms with Crippen LogP contribution in [0.25, 0.3) is 0 Å². The van der Waals surface area contributed by atoms with E-state index in [0.717, 1.165) is 30.9 Å². The molecular formula is C12H19N3OS. The Morgan fingerprint density at radius 1 is 1.53 bits per heavy atom. The monoisotopic (exact) mass is 253 g/mol. The van der Waals surface area contributed by atoms with E-state index in [9.17, 15) is 4.79 Å². The van der Waals surface area contributed by atoms with Gasteiger partial charge in [0.25, 0.3) is 0 Å². The lowest BCUT2D eigenvalue weighted by Crippen LogP contribution is -2.44. The highest BCUT2D eigenvalue weighted by Gasteiger charge is 2.26. The van der Waals surface area contributed by atoms with E-state index in [1.54, 1.807) is 23.0 Å². The van der Waals surface area contributed by atoms with E-state index in [0.29, 0.717) is 12.2 Å². The second-order valence-electron chi connectivity index (χ2n) is 4.72. The normalized spacial score (nSPS) is 23.5. The van der Waals surface area contributed by atoms with Crippen molar-refractivity contribution in [2.45, 2.75) is 18.9 Å². The minimum Gasteiger partial charge on any atom is -0.304 e. The molecule has 1 saturated heterocycles. The maximum atomic E-state index is 12.3. The van der Waals surface area contributed by atoms with Gasteiger partial charge in [0, 0.05) is 24.0 Å². The smallest absolute Gasteiger partial charge is 0.156 e. The van der Waals surface area contributed by atoms with Crippen molar-refractivity contribution in [3.05, 3.63) is 16.6 Å². The quantitative estimate of drug-likeness (QED) is 0.801. The fourth-order valence-corrected chi connectivity index (χ4v) is 2.84. The molecule has 5 heteroatoms. The second-order valence-corrected chi connectivity index (χ2v) is 5.69. The standard InChI is InChI=1S/C12H19N3OS/c1-14-4-3-5-15(2)11(8-14)12(16)6-10-7-13-9-17-10/h7,9,11H,3-6,8H2,1-2H3. The zero-order valence-corrected chi connectivity index (χ0v) is 11.2. The summed E-state index contributed by atoms with van der Waals surface area (Å²) in [6.45, 7) is 2.92. The third kappa shape index (κ3) is 3.34. The molecule has 0 bridgehead atoms. The average molecular weight is 253 g/mol. The zero-order chi connectivity index (χ0) is 12.3. The van der Waals surface area contributed by atoms with Gasteiger partial charge in [0.15, 0.2) is 5.78 Å². The lowest BCUT2D eigenvalue weighted by molar-refractivity contribution is -0.123. The third-order valence-electron chi connectivity index (χ3n) is 3.27. The summed E-state index contributed by atoms with van der Waals surface area (Å²) < 4.78 is 0. The first-order valence-corrected chi connectivity index (χ1v) is 6.83. The molecule has 0 radical (unpaired) electrons. The third-order valence-corrected chi connectivity index (χ3v) is 4.05. The topological polar surface area (TPSA) is 36.4 Å². The Labute approximate surface area is 106 Å². The van der Waals surface area contributed by atoms with Crippen molar-refractivity contribution in [2.75, 3.05) is 33.7 Å². The lowest BCUT2D eigenvalue weighted by atomic mass is 10.1. The molecule has 0 saturated carbocycles. The highest BCUT2D eigenvalue weighted by atomic mass is 32.1. The van der Waals surface area contributed by atoms with Crippen LogP contribution in [-0.2, 0) is 11.2 Å². The van der Waals surface area contributed by atoms with Crippen LogP contribution in [0.5, 0.6) is 0 Å². The number of hydrogen-bond acceptors (Lipinski definition) is 5. The van der Waals surface area contributed by atoms with Crippen LogP contribution in [0.4, 0.5) is 0 Å². The molecule has 1 aliphatic heterocycles. The number of carbonyl (C=O) groups is 1. The lowest BCUT2D eigenvalue weighted by Gasteiger charge is -2.25. The van der Waals surface area contributed by atoms with Crippen LogP contribution >= 0.6 is 11.3 Å². The predicted molar refractivity (Wildman–Crippen MR) is 69.4 cm³/mol.